The van der Waals surface area contributed by atoms with Gasteiger partial charge in [0, 0.05) is 17.7 Å². The highest BCUT2D eigenvalue weighted by atomic mass is 32.2. The lowest BCUT2D eigenvalue weighted by Crippen LogP contribution is -2.41. The Labute approximate surface area is 190 Å². The van der Waals surface area contributed by atoms with Crippen LogP contribution < -0.4 is 5.32 Å². The van der Waals surface area contributed by atoms with E-state index in [1.165, 1.54) is 11.8 Å². The Morgan fingerprint density at radius 2 is 1.62 bits per heavy atom. The fourth-order valence-electron chi connectivity index (χ4n) is 3.72. The molecule has 0 spiro atoms. The molecule has 7 heteroatoms. The summed E-state index contributed by atoms with van der Waals surface area (Å²) in [5, 5.41) is 3.34. The maximum absolute atomic E-state index is 13.3. The molecule has 0 saturated heterocycles. The average molecular weight is 441 g/mol. The van der Waals surface area contributed by atoms with E-state index in [1.54, 1.807) is 4.90 Å². The Balaban J connectivity index is 1.38. The first-order valence-electron chi connectivity index (χ1n) is 10.3. The van der Waals surface area contributed by atoms with Crippen LogP contribution >= 0.6 is 11.8 Å². The van der Waals surface area contributed by atoms with E-state index in [-0.39, 0.29) is 17.6 Å². The Hall–Kier alpha value is -3.71. The van der Waals surface area contributed by atoms with Crippen molar-refractivity contribution in [2.75, 3.05) is 11.1 Å². The number of amides is 2. The lowest BCUT2D eigenvalue weighted by molar-refractivity contribution is -0.124. The van der Waals surface area contributed by atoms with Crippen molar-refractivity contribution in [1.29, 1.82) is 0 Å². The Morgan fingerprint density at radius 3 is 2.41 bits per heavy atom. The van der Waals surface area contributed by atoms with Crippen LogP contribution in [0.2, 0.25) is 0 Å². The van der Waals surface area contributed by atoms with E-state index in [2.05, 4.69) is 10.3 Å². The highest BCUT2D eigenvalue weighted by Crippen LogP contribution is 2.34. The zero-order chi connectivity index (χ0) is 21.9. The van der Waals surface area contributed by atoms with Crippen molar-refractivity contribution in [1.82, 2.24) is 4.90 Å². The van der Waals surface area contributed by atoms with E-state index < -0.39 is 6.04 Å². The molecule has 1 N–H and O–H groups in total. The van der Waals surface area contributed by atoms with Gasteiger partial charge in [-0.2, -0.15) is 0 Å². The topological polar surface area (TPSA) is 74.1 Å². The summed E-state index contributed by atoms with van der Waals surface area (Å²) in [6, 6.07) is 26.3. The third-order valence-corrected chi connectivity index (χ3v) is 6.15. The minimum Gasteiger partial charge on any atom is -0.325 e. The van der Waals surface area contributed by atoms with Crippen LogP contribution in [0.15, 0.2) is 94.9 Å². The summed E-state index contributed by atoms with van der Waals surface area (Å²) in [4.78, 5) is 36.8. The molecule has 32 heavy (non-hydrogen) atoms. The second-order valence-electron chi connectivity index (χ2n) is 7.45. The van der Waals surface area contributed by atoms with Crippen LogP contribution in [0, 0.1) is 0 Å². The first-order valence-corrected chi connectivity index (χ1v) is 11.3. The number of fused-ring (bicyclic) bond motifs is 3. The third-order valence-electron chi connectivity index (χ3n) is 5.21. The van der Waals surface area contributed by atoms with Gasteiger partial charge in [0.2, 0.25) is 5.91 Å². The number of para-hydroxylation sites is 2. The quantitative estimate of drug-likeness (QED) is 0.644. The molecule has 0 unspecified atom stereocenters. The second kappa shape index (κ2) is 8.80. The smallest absolute Gasteiger partial charge is 0.259 e. The van der Waals surface area contributed by atoms with Crippen LogP contribution in [-0.2, 0) is 16.0 Å². The van der Waals surface area contributed by atoms with Gasteiger partial charge in [-0.1, -0.05) is 72.4 Å². The number of thioether (sulfide) groups is 1. The molecule has 2 amide bonds. The third kappa shape index (κ3) is 4.07. The van der Waals surface area contributed by atoms with Crippen molar-refractivity contribution in [3.8, 4) is 0 Å². The van der Waals surface area contributed by atoms with Gasteiger partial charge in [-0.3, -0.25) is 14.6 Å². The maximum Gasteiger partial charge on any atom is 0.259 e. The Kier molecular flexibility index (Phi) is 5.56. The molecule has 1 atom stereocenters. The zero-order valence-electron chi connectivity index (χ0n) is 17.1. The molecular weight excluding hydrogens is 420 g/mol. The van der Waals surface area contributed by atoms with Crippen molar-refractivity contribution in [3.05, 3.63) is 96.1 Å². The normalized spacial score (nSPS) is 16.7. The first-order chi connectivity index (χ1) is 15.7. The minimum atomic E-state index is -0.512. The van der Waals surface area contributed by atoms with Crippen molar-refractivity contribution in [2.24, 2.45) is 9.98 Å². The SMILES string of the molecule is O=C(CSC1=Nc2ccccc2C2=N[C@@H](Cc3ccccc3)C(=O)N12)Nc1ccccc1. The summed E-state index contributed by atoms with van der Waals surface area (Å²) in [5.74, 6) is 0.463. The van der Waals surface area contributed by atoms with Gasteiger partial charge in [0.15, 0.2) is 5.17 Å². The fourth-order valence-corrected chi connectivity index (χ4v) is 4.52. The van der Waals surface area contributed by atoms with Gasteiger partial charge in [-0.15, -0.1) is 0 Å². The van der Waals surface area contributed by atoms with E-state index in [1.807, 2.05) is 84.9 Å². The monoisotopic (exact) mass is 440 g/mol. The van der Waals surface area contributed by atoms with Crippen molar-refractivity contribution >= 4 is 46.0 Å². The van der Waals surface area contributed by atoms with Crippen molar-refractivity contribution in [3.63, 3.8) is 0 Å². The van der Waals surface area contributed by atoms with E-state index in [9.17, 15) is 9.59 Å². The van der Waals surface area contributed by atoms with Gasteiger partial charge in [0.25, 0.3) is 5.91 Å². The largest absolute Gasteiger partial charge is 0.325 e. The molecule has 0 radical (unpaired) electrons. The zero-order valence-corrected chi connectivity index (χ0v) is 18.0. The molecule has 0 bridgehead atoms. The Morgan fingerprint density at radius 1 is 0.938 bits per heavy atom. The Bertz CT molecular complexity index is 1220. The molecule has 0 fully saturated rings. The summed E-state index contributed by atoms with van der Waals surface area (Å²) in [6.45, 7) is 0. The van der Waals surface area contributed by atoms with Crippen LogP contribution in [0.1, 0.15) is 11.1 Å². The van der Waals surface area contributed by atoms with E-state index in [4.69, 9.17) is 4.99 Å². The van der Waals surface area contributed by atoms with Crippen LogP contribution in [-0.4, -0.2) is 39.5 Å². The van der Waals surface area contributed by atoms with Gasteiger partial charge < -0.3 is 5.32 Å². The molecule has 5 rings (SSSR count). The minimum absolute atomic E-state index is 0.118. The molecule has 0 aromatic heterocycles. The molecule has 2 aliphatic rings. The molecule has 6 nitrogen and oxygen atoms in total. The van der Waals surface area contributed by atoms with Gasteiger partial charge in [0.1, 0.15) is 11.9 Å². The molecule has 3 aromatic rings. The van der Waals surface area contributed by atoms with E-state index in [0.29, 0.717) is 17.4 Å². The number of anilines is 1. The lowest BCUT2D eigenvalue weighted by atomic mass is 10.1. The van der Waals surface area contributed by atoms with E-state index >= 15 is 0 Å². The second-order valence-corrected chi connectivity index (χ2v) is 8.39. The van der Waals surface area contributed by atoms with Crippen molar-refractivity contribution < 1.29 is 9.59 Å². The van der Waals surface area contributed by atoms with Crippen LogP contribution in [0.4, 0.5) is 11.4 Å². The maximum atomic E-state index is 13.3. The summed E-state index contributed by atoms with van der Waals surface area (Å²) in [7, 11) is 0. The highest BCUT2D eigenvalue weighted by molar-refractivity contribution is 8.14. The number of nitrogens with zero attached hydrogens (tertiary/aromatic N) is 3. The van der Waals surface area contributed by atoms with Crippen molar-refractivity contribution in [2.45, 2.75) is 12.5 Å². The predicted molar refractivity (Wildman–Crippen MR) is 128 cm³/mol. The molecule has 158 valence electrons. The molecular formula is C25H20N4O2S. The number of carbonyl (C=O) groups is 2. The molecule has 0 saturated carbocycles. The first kappa shape index (κ1) is 20.2. The van der Waals surface area contributed by atoms with Crippen LogP contribution in [0.5, 0.6) is 0 Å². The summed E-state index contributed by atoms with van der Waals surface area (Å²) in [6.07, 6.45) is 0.522. The number of rotatable bonds is 5. The van der Waals surface area contributed by atoms with Gasteiger partial charge in [0.05, 0.1) is 11.4 Å². The molecule has 2 aliphatic heterocycles. The van der Waals surface area contributed by atoms with Gasteiger partial charge >= 0.3 is 0 Å². The standard InChI is InChI=1S/C25H20N4O2S/c30-22(26-18-11-5-2-6-12-18)16-32-25-28-20-14-8-7-13-19(20)23-27-21(24(31)29(23)25)15-17-9-3-1-4-10-17/h1-14,21H,15-16H2,(H,26,30)/t21-/m0/s1. The summed E-state index contributed by atoms with van der Waals surface area (Å²) in [5.41, 5.74) is 3.37. The van der Waals surface area contributed by atoms with Gasteiger partial charge in [-0.05, 0) is 29.8 Å². The number of benzene rings is 3. The van der Waals surface area contributed by atoms with E-state index in [0.717, 1.165) is 22.5 Å². The highest BCUT2D eigenvalue weighted by Gasteiger charge is 2.41. The average Bonchev–Trinajstić information content (AvgIpc) is 3.15. The van der Waals surface area contributed by atoms with Crippen LogP contribution in [0.3, 0.4) is 0 Å². The lowest BCUT2D eigenvalue weighted by Gasteiger charge is -2.25. The van der Waals surface area contributed by atoms with Gasteiger partial charge in [-0.25, -0.2) is 9.89 Å². The number of hydrogen-bond acceptors (Lipinski definition) is 5. The molecule has 0 aliphatic carbocycles. The number of nitrogens with one attached hydrogen (secondary N) is 1. The number of amidine groups is 2. The number of hydrogen-bond donors (Lipinski definition) is 1. The summed E-state index contributed by atoms with van der Waals surface area (Å²) >= 11 is 1.24. The van der Waals surface area contributed by atoms with Crippen LogP contribution in [0.25, 0.3) is 0 Å². The molecule has 3 aromatic carbocycles. The summed E-state index contributed by atoms with van der Waals surface area (Å²) < 4.78 is 0. The number of aliphatic imine (C=N–C) groups is 2. The predicted octanol–water partition coefficient (Wildman–Crippen LogP) is 4.26. The number of carbonyl (C=O) groups excluding carboxylic acids is 2. The fraction of sp³-hybridized carbons (Fsp3) is 0.120. The molecule has 2 heterocycles.